The van der Waals surface area contributed by atoms with Crippen LogP contribution in [-0.2, 0) is 17.6 Å². The maximum Gasteiger partial charge on any atom is 0.227 e. The molecule has 1 saturated heterocycles. The number of likely N-dealkylation sites (tertiary alicyclic amines) is 1. The Morgan fingerprint density at radius 1 is 1.23 bits per heavy atom. The first-order valence-electron chi connectivity index (χ1n) is 10.2. The number of carbonyl (C=O) groups excluding carboxylic acids is 1. The minimum atomic E-state index is -0.253. The average Bonchev–Trinajstić information content (AvgIpc) is 3.24. The van der Waals surface area contributed by atoms with Crippen molar-refractivity contribution in [1.82, 2.24) is 9.88 Å². The Balaban J connectivity index is 1.39. The molecule has 1 aliphatic rings. The smallest absolute Gasteiger partial charge is 0.227 e. The number of para-hydroxylation sites is 1. The van der Waals surface area contributed by atoms with E-state index in [4.69, 9.17) is 9.15 Å². The lowest BCUT2D eigenvalue weighted by atomic mass is 9.97. The molecule has 0 spiro atoms. The number of halogens is 1. The molecule has 2 heterocycles. The lowest BCUT2D eigenvalue weighted by Gasteiger charge is -2.31. The molecule has 0 N–H and O–H groups in total. The highest BCUT2D eigenvalue weighted by Gasteiger charge is 2.28. The Hall–Kier alpha value is -3.15. The molecular weight excluding hydrogens is 383 g/mol. The first-order chi connectivity index (χ1) is 14.6. The number of carbonyl (C=O) groups is 1. The minimum Gasteiger partial charge on any atom is -0.496 e. The third-order valence-corrected chi connectivity index (χ3v) is 5.52. The zero-order chi connectivity index (χ0) is 20.9. The molecule has 0 unspecified atom stereocenters. The second kappa shape index (κ2) is 9.11. The summed E-state index contributed by atoms with van der Waals surface area (Å²) in [6, 6.07) is 14.0. The van der Waals surface area contributed by atoms with E-state index in [0.717, 1.165) is 42.0 Å². The lowest BCUT2D eigenvalue weighted by Crippen LogP contribution is -2.40. The number of nitrogens with zero attached hydrogens (tertiary/aromatic N) is 2. The summed E-state index contributed by atoms with van der Waals surface area (Å²) in [7, 11) is 1.62. The quantitative estimate of drug-likeness (QED) is 0.608. The fraction of sp³-hybridized carbons (Fsp3) is 0.333. The number of benzene rings is 2. The molecule has 0 bridgehead atoms. The predicted octanol–water partition coefficient (Wildman–Crippen LogP) is 4.36. The van der Waals surface area contributed by atoms with Gasteiger partial charge in [-0.25, -0.2) is 9.37 Å². The van der Waals surface area contributed by atoms with E-state index in [1.807, 2.05) is 29.2 Å². The van der Waals surface area contributed by atoms with Gasteiger partial charge in [-0.15, -0.1) is 0 Å². The summed E-state index contributed by atoms with van der Waals surface area (Å²) in [6.45, 7) is 1.35. The molecule has 4 rings (SSSR count). The number of methoxy groups -OCH3 is 1. The minimum absolute atomic E-state index is 0.0855. The van der Waals surface area contributed by atoms with Gasteiger partial charge in [0.2, 0.25) is 5.91 Å². The average molecular weight is 408 g/mol. The highest BCUT2D eigenvalue weighted by molar-refractivity contribution is 5.79. The molecule has 6 heteroatoms. The van der Waals surface area contributed by atoms with Gasteiger partial charge < -0.3 is 14.1 Å². The summed E-state index contributed by atoms with van der Waals surface area (Å²) in [6.07, 6.45) is 4.47. The summed E-state index contributed by atoms with van der Waals surface area (Å²) in [5.74, 6) is 2.07. The Bertz CT molecular complexity index is 1000. The zero-order valence-electron chi connectivity index (χ0n) is 17.0. The van der Waals surface area contributed by atoms with E-state index in [0.29, 0.717) is 25.3 Å². The van der Waals surface area contributed by atoms with Crippen molar-refractivity contribution < 1.29 is 18.3 Å². The van der Waals surface area contributed by atoms with Crippen LogP contribution in [0.2, 0.25) is 0 Å². The van der Waals surface area contributed by atoms with Gasteiger partial charge in [-0.2, -0.15) is 0 Å². The molecule has 1 atom stereocenters. The molecular formula is C24H25FN2O3. The molecule has 0 aliphatic carbocycles. The summed E-state index contributed by atoms with van der Waals surface area (Å²) in [5.41, 5.74) is 1.86. The highest BCUT2D eigenvalue weighted by atomic mass is 19.1. The second-order valence-corrected chi connectivity index (χ2v) is 7.64. The largest absolute Gasteiger partial charge is 0.496 e. The molecule has 1 amide bonds. The van der Waals surface area contributed by atoms with Crippen LogP contribution in [0.25, 0.3) is 0 Å². The van der Waals surface area contributed by atoms with Crippen molar-refractivity contribution in [3.8, 4) is 5.75 Å². The van der Waals surface area contributed by atoms with Crippen LogP contribution in [0.1, 0.15) is 41.5 Å². The van der Waals surface area contributed by atoms with Crippen LogP contribution in [0.5, 0.6) is 5.75 Å². The first-order valence-corrected chi connectivity index (χ1v) is 10.2. The van der Waals surface area contributed by atoms with E-state index in [1.54, 1.807) is 25.4 Å². The maximum atomic E-state index is 13.1. The first kappa shape index (κ1) is 20.1. The standard InChI is InChI=1S/C24H25FN2O3/c1-29-22-7-3-2-5-18(22)14-23(28)27-12-4-6-19(16-27)24-26-15-21(30-24)13-17-8-10-20(25)11-9-17/h2-3,5,7-11,15,19H,4,6,12-14,16H2,1H3/t19-/m1/s1. The van der Waals surface area contributed by atoms with E-state index < -0.39 is 0 Å². The summed E-state index contributed by atoms with van der Waals surface area (Å²) in [5, 5.41) is 0. The Kier molecular flexibility index (Phi) is 6.12. The Morgan fingerprint density at radius 2 is 2.03 bits per heavy atom. The van der Waals surface area contributed by atoms with Crippen molar-refractivity contribution in [2.45, 2.75) is 31.6 Å². The van der Waals surface area contributed by atoms with Crippen LogP contribution in [0.4, 0.5) is 4.39 Å². The molecule has 5 nitrogen and oxygen atoms in total. The Morgan fingerprint density at radius 3 is 2.83 bits per heavy atom. The van der Waals surface area contributed by atoms with Gasteiger partial charge in [-0.1, -0.05) is 30.3 Å². The van der Waals surface area contributed by atoms with Gasteiger partial charge in [0.15, 0.2) is 5.89 Å². The summed E-state index contributed by atoms with van der Waals surface area (Å²) < 4.78 is 24.4. The summed E-state index contributed by atoms with van der Waals surface area (Å²) in [4.78, 5) is 19.2. The molecule has 3 aromatic rings. The molecule has 1 aromatic heterocycles. The fourth-order valence-corrected chi connectivity index (χ4v) is 3.93. The van der Waals surface area contributed by atoms with Gasteiger partial charge in [0.25, 0.3) is 0 Å². The van der Waals surface area contributed by atoms with Crippen molar-refractivity contribution in [1.29, 1.82) is 0 Å². The molecule has 0 radical (unpaired) electrons. The highest BCUT2D eigenvalue weighted by Crippen LogP contribution is 2.28. The number of ether oxygens (including phenoxy) is 1. The van der Waals surface area contributed by atoms with Gasteiger partial charge >= 0.3 is 0 Å². The van der Waals surface area contributed by atoms with Crippen molar-refractivity contribution in [2.24, 2.45) is 0 Å². The Labute approximate surface area is 175 Å². The second-order valence-electron chi connectivity index (χ2n) is 7.64. The molecule has 1 aliphatic heterocycles. The van der Waals surface area contributed by atoms with Crippen LogP contribution >= 0.6 is 0 Å². The van der Waals surface area contributed by atoms with Crippen LogP contribution in [-0.4, -0.2) is 36.0 Å². The number of hydrogen-bond donors (Lipinski definition) is 0. The molecule has 1 fully saturated rings. The van der Waals surface area contributed by atoms with E-state index in [2.05, 4.69) is 4.98 Å². The zero-order valence-corrected chi connectivity index (χ0v) is 17.0. The van der Waals surface area contributed by atoms with E-state index in [1.165, 1.54) is 12.1 Å². The number of hydrogen-bond acceptors (Lipinski definition) is 4. The van der Waals surface area contributed by atoms with Crippen LogP contribution in [0.15, 0.2) is 59.1 Å². The topological polar surface area (TPSA) is 55.6 Å². The van der Waals surface area contributed by atoms with E-state index >= 15 is 0 Å². The predicted molar refractivity (Wildman–Crippen MR) is 111 cm³/mol. The van der Waals surface area contributed by atoms with Gasteiger partial charge in [0, 0.05) is 25.1 Å². The van der Waals surface area contributed by atoms with E-state index in [-0.39, 0.29) is 17.6 Å². The monoisotopic (exact) mass is 408 g/mol. The van der Waals surface area contributed by atoms with Gasteiger partial charge in [0.1, 0.15) is 17.3 Å². The lowest BCUT2D eigenvalue weighted by molar-refractivity contribution is -0.131. The third-order valence-electron chi connectivity index (χ3n) is 5.52. The number of rotatable bonds is 6. The van der Waals surface area contributed by atoms with Crippen LogP contribution in [0, 0.1) is 5.82 Å². The fourth-order valence-electron chi connectivity index (χ4n) is 3.93. The van der Waals surface area contributed by atoms with Crippen LogP contribution < -0.4 is 4.74 Å². The molecule has 2 aromatic carbocycles. The molecule has 0 saturated carbocycles. The summed E-state index contributed by atoms with van der Waals surface area (Å²) >= 11 is 0. The third kappa shape index (κ3) is 4.70. The van der Waals surface area contributed by atoms with Gasteiger partial charge in [-0.05, 0) is 36.6 Å². The number of oxazole rings is 1. The SMILES string of the molecule is COc1ccccc1CC(=O)N1CCC[C@@H](c2ncc(Cc3ccc(F)cc3)o2)C1. The van der Waals surface area contributed by atoms with Crippen molar-refractivity contribution in [2.75, 3.05) is 20.2 Å². The maximum absolute atomic E-state index is 13.1. The number of amides is 1. The van der Waals surface area contributed by atoms with Gasteiger partial charge in [0.05, 0.1) is 25.6 Å². The van der Waals surface area contributed by atoms with E-state index in [9.17, 15) is 9.18 Å². The van der Waals surface area contributed by atoms with Crippen LogP contribution in [0.3, 0.4) is 0 Å². The molecule has 30 heavy (non-hydrogen) atoms. The number of piperidine rings is 1. The van der Waals surface area contributed by atoms with Crippen molar-refractivity contribution in [3.63, 3.8) is 0 Å². The van der Waals surface area contributed by atoms with Crippen molar-refractivity contribution in [3.05, 3.63) is 83.3 Å². The number of aromatic nitrogens is 1. The molecule has 156 valence electrons. The van der Waals surface area contributed by atoms with Gasteiger partial charge in [-0.3, -0.25) is 4.79 Å². The van der Waals surface area contributed by atoms with Crippen molar-refractivity contribution >= 4 is 5.91 Å². The normalized spacial score (nSPS) is 16.5.